The molecule has 0 bridgehead atoms. The molecule has 1 aliphatic carbocycles. The second kappa shape index (κ2) is 9.09. The van der Waals surface area contributed by atoms with Crippen molar-refractivity contribution in [1.29, 1.82) is 0 Å². The largest absolute Gasteiger partial charge is 0.379 e. The Bertz CT molecular complexity index is 787. The number of rotatable bonds is 4. The molecule has 1 saturated heterocycles. The highest BCUT2D eigenvalue weighted by molar-refractivity contribution is 7.89. The SMILES string of the molecule is O=C(NC1CCCCCC1)c1cc(S(=O)(=O)N2CCOCC2)c(Cl)cc1Cl. The minimum Gasteiger partial charge on any atom is -0.379 e. The van der Waals surface area contributed by atoms with E-state index in [4.69, 9.17) is 27.9 Å². The maximum Gasteiger partial charge on any atom is 0.253 e. The molecular weight excluding hydrogens is 411 g/mol. The van der Waals surface area contributed by atoms with Crippen LogP contribution < -0.4 is 5.32 Å². The van der Waals surface area contributed by atoms with Gasteiger partial charge in [0.15, 0.2) is 0 Å². The van der Waals surface area contributed by atoms with Crippen molar-refractivity contribution < 1.29 is 17.9 Å². The minimum absolute atomic E-state index is 0.0116. The Hall–Kier alpha value is -0.860. The third-order valence-corrected chi connectivity index (χ3v) is 7.72. The van der Waals surface area contributed by atoms with Gasteiger partial charge in [0.2, 0.25) is 10.0 Å². The van der Waals surface area contributed by atoms with E-state index in [1.165, 1.54) is 29.3 Å². The van der Waals surface area contributed by atoms with Crippen LogP contribution in [0.25, 0.3) is 0 Å². The Morgan fingerprint density at radius 1 is 1.04 bits per heavy atom. The summed E-state index contributed by atoms with van der Waals surface area (Å²) in [6.07, 6.45) is 6.36. The molecule has 0 unspecified atom stereocenters. The van der Waals surface area contributed by atoms with Gasteiger partial charge in [-0.25, -0.2) is 8.42 Å². The van der Waals surface area contributed by atoms with Gasteiger partial charge in [0, 0.05) is 19.1 Å². The zero-order chi connectivity index (χ0) is 19.4. The van der Waals surface area contributed by atoms with Gasteiger partial charge < -0.3 is 10.1 Å². The molecule has 150 valence electrons. The molecule has 2 fully saturated rings. The molecule has 2 aliphatic rings. The molecule has 1 saturated carbocycles. The Morgan fingerprint density at radius 2 is 1.67 bits per heavy atom. The first-order valence-corrected chi connectivity index (χ1v) is 11.5. The first-order chi connectivity index (χ1) is 12.9. The Balaban J connectivity index is 1.85. The third kappa shape index (κ3) is 4.95. The number of halogens is 2. The summed E-state index contributed by atoms with van der Waals surface area (Å²) >= 11 is 12.4. The summed E-state index contributed by atoms with van der Waals surface area (Å²) < 4.78 is 32.4. The number of carbonyl (C=O) groups is 1. The van der Waals surface area contributed by atoms with Crippen LogP contribution in [-0.4, -0.2) is 51.0 Å². The molecule has 0 spiro atoms. The first-order valence-electron chi connectivity index (χ1n) is 9.27. The highest BCUT2D eigenvalue weighted by Crippen LogP contribution is 2.31. The van der Waals surface area contributed by atoms with Crippen LogP contribution in [0.5, 0.6) is 0 Å². The summed E-state index contributed by atoms with van der Waals surface area (Å²) in [6.45, 7) is 1.18. The predicted molar refractivity (Wildman–Crippen MR) is 105 cm³/mol. The number of nitrogens with one attached hydrogen (secondary N) is 1. The smallest absolute Gasteiger partial charge is 0.253 e. The summed E-state index contributed by atoms with van der Waals surface area (Å²) in [4.78, 5) is 12.6. The van der Waals surface area contributed by atoms with Gasteiger partial charge in [-0.15, -0.1) is 0 Å². The number of benzene rings is 1. The van der Waals surface area contributed by atoms with E-state index in [1.54, 1.807) is 0 Å². The maximum absolute atomic E-state index is 12.9. The topological polar surface area (TPSA) is 75.7 Å². The van der Waals surface area contributed by atoms with Gasteiger partial charge in [0.1, 0.15) is 4.90 Å². The minimum atomic E-state index is -3.82. The number of hydrogen-bond acceptors (Lipinski definition) is 4. The molecule has 0 atom stereocenters. The number of morpholine rings is 1. The zero-order valence-corrected chi connectivity index (χ0v) is 17.4. The number of amides is 1. The molecule has 0 aromatic heterocycles. The summed E-state index contributed by atoms with van der Waals surface area (Å²) in [5.74, 6) is -0.359. The third-order valence-electron chi connectivity index (χ3n) is 5.04. The average Bonchev–Trinajstić information content (AvgIpc) is 2.91. The fourth-order valence-corrected chi connectivity index (χ4v) is 5.76. The average molecular weight is 435 g/mol. The number of sulfonamides is 1. The van der Waals surface area contributed by atoms with Gasteiger partial charge in [0.05, 0.1) is 28.8 Å². The number of hydrogen-bond donors (Lipinski definition) is 1. The summed E-state index contributed by atoms with van der Waals surface area (Å²) in [5.41, 5.74) is 0.136. The second-order valence-electron chi connectivity index (χ2n) is 6.94. The van der Waals surface area contributed by atoms with E-state index in [0.29, 0.717) is 13.2 Å². The van der Waals surface area contributed by atoms with Crippen molar-refractivity contribution in [3.63, 3.8) is 0 Å². The normalized spacial score (nSPS) is 20.2. The van der Waals surface area contributed by atoms with Crippen molar-refractivity contribution in [1.82, 2.24) is 9.62 Å². The Morgan fingerprint density at radius 3 is 2.30 bits per heavy atom. The van der Waals surface area contributed by atoms with Crippen LogP contribution >= 0.6 is 23.2 Å². The molecule has 1 aromatic rings. The molecule has 0 radical (unpaired) electrons. The van der Waals surface area contributed by atoms with E-state index in [-0.39, 0.29) is 45.5 Å². The van der Waals surface area contributed by atoms with Crippen molar-refractivity contribution in [3.05, 3.63) is 27.7 Å². The van der Waals surface area contributed by atoms with Gasteiger partial charge in [-0.3, -0.25) is 4.79 Å². The van der Waals surface area contributed by atoms with Crippen molar-refractivity contribution in [2.45, 2.75) is 49.5 Å². The summed E-state index contributed by atoms with van der Waals surface area (Å²) in [6, 6.07) is 2.71. The molecule has 1 aromatic carbocycles. The molecular formula is C18H24Cl2N2O4S. The van der Waals surface area contributed by atoms with E-state index in [2.05, 4.69) is 5.32 Å². The van der Waals surface area contributed by atoms with Crippen molar-refractivity contribution in [2.24, 2.45) is 0 Å². The highest BCUT2D eigenvalue weighted by Gasteiger charge is 2.30. The maximum atomic E-state index is 12.9. The van der Waals surface area contributed by atoms with Gasteiger partial charge in [-0.2, -0.15) is 4.31 Å². The molecule has 1 amide bonds. The summed E-state index contributed by atoms with van der Waals surface area (Å²) in [7, 11) is -3.82. The number of ether oxygens (including phenoxy) is 1. The van der Waals surface area contributed by atoms with Crippen LogP contribution in [0, 0.1) is 0 Å². The van der Waals surface area contributed by atoms with E-state index < -0.39 is 10.0 Å². The van der Waals surface area contributed by atoms with Crippen LogP contribution in [0.1, 0.15) is 48.9 Å². The molecule has 9 heteroatoms. The lowest BCUT2D eigenvalue weighted by Gasteiger charge is -2.26. The van der Waals surface area contributed by atoms with Crippen LogP contribution in [0.4, 0.5) is 0 Å². The van der Waals surface area contributed by atoms with Gasteiger partial charge in [0.25, 0.3) is 5.91 Å². The number of carbonyl (C=O) groups excluding carboxylic acids is 1. The lowest BCUT2D eigenvalue weighted by Crippen LogP contribution is -2.41. The number of nitrogens with zero attached hydrogens (tertiary/aromatic N) is 1. The van der Waals surface area contributed by atoms with Crippen LogP contribution in [-0.2, 0) is 14.8 Å². The highest BCUT2D eigenvalue weighted by atomic mass is 35.5. The van der Waals surface area contributed by atoms with E-state index in [1.807, 2.05) is 0 Å². The lowest BCUT2D eigenvalue weighted by molar-refractivity contribution is 0.0730. The first kappa shape index (κ1) is 20.9. The lowest BCUT2D eigenvalue weighted by atomic mass is 10.1. The molecule has 1 N–H and O–H groups in total. The van der Waals surface area contributed by atoms with Gasteiger partial charge in [-0.1, -0.05) is 48.9 Å². The van der Waals surface area contributed by atoms with Crippen molar-refractivity contribution in [3.8, 4) is 0 Å². The van der Waals surface area contributed by atoms with E-state index >= 15 is 0 Å². The molecule has 1 heterocycles. The molecule has 6 nitrogen and oxygen atoms in total. The van der Waals surface area contributed by atoms with Crippen LogP contribution in [0.2, 0.25) is 10.0 Å². The Labute approximate surface area is 170 Å². The van der Waals surface area contributed by atoms with E-state index in [0.717, 1.165) is 25.7 Å². The van der Waals surface area contributed by atoms with E-state index in [9.17, 15) is 13.2 Å². The molecule has 3 rings (SSSR count). The van der Waals surface area contributed by atoms with Crippen molar-refractivity contribution >= 4 is 39.1 Å². The quantitative estimate of drug-likeness (QED) is 0.735. The summed E-state index contributed by atoms with van der Waals surface area (Å²) in [5, 5.41) is 3.16. The fraction of sp³-hybridized carbons (Fsp3) is 0.611. The molecule has 27 heavy (non-hydrogen) atoms. The Kier molecular flexibility index (Phi) is 7.03. The zero-order valence-electron chi connectivity index (χ0n) is 15.0. The fourth-order valence-electron chi connectivity index (χ4n) is 3.51. The standard InChI is InChI=1S/C18H24Cl2N2O4S/c19-15-12-16(20)17(27(24,25)22-7-9-26-10-8-22)11-14(15)18(23)21-13-5-3-1-2-4-6-13/h11-13H,1-10H2,(H,21,23). The van der Waals surface area contributed by atoms with Gasteiger partial charge in [-0.05, 0) is 25.0 Å². The van der Waals surface area contributed by atoms with Crippen molar-refractivity contribution in [2.75, 3.05) is 26.3 Å². The predicted octanol–water partition coefficient (Wildman–Crippen LogP) is 3.47. The van der Waals surface area contributed by atoms with Crippen LogP contribution in [0.15, 0.2) is 17.0 Å². The monoisotopic (exact) mass is 434 g/mol. The molecule has 1 aliphatic heterocycles. The van der Waals surface area contributed by atoms with Gasteiger partial charge >= 0.3 is 0 Å². The van der Waals surface area contributed by atoms with Crippen LogP contribution in [0.3, 0.4) is 0 Å². The second-order valence-corrected chi connectivity index (χ2v) is 9.66.